The van der Waals surface area contributed by atoms with Crippen molar-refractivity contribution in [2.75, 3.05) is 18.5 Å². The van der Waals surface area contributed by atoms with Gasteiger partial charge in [0.05, 0.1) is 0 Å². The molecule has 2 amide bonds. The van der Waals surface area contributed by atoms with E-state index in [0.29, 0.717) is 18.7 Å². The van der Waals surface area contributed by atoms with Crippen LogP contribution in [0.25, 0.3) is 0 Å². The Kier molecular flexibility index (Phi) is 5.56. The highest BCUT2D eigenvalue weighted by Gasteiger charge is 2.23. The summed E-state index contributed by atoms with van der Waals surface area (Å²) in [5.74, 6) is 0.640. The van der Waals surface area contributed by atoms with Gasteiger partial charge in [-0.2, -0.15) is 0 Å². The smallest absolute Gasteiger partial charge is 0.263 e. The molecule has 0 aromatic heterocycles. The topological polar surface area (TPSA) is 49.9 Å². The fourth-order valence-electron chi connectivity index (χ4n) is 3.15. The average Bonchev–Trinajstić information content (AvgIpc) is 3.08. The lowest BCUT2D eigenvalue weighted by atomic mass is 10.2. The molecule has 1 atom stereocenters. The molecule has 0 spiro atoms. The van der Waals surface area contributed by atoms with Crippen molar-refractivity contribution in [3.05, 3.63) is 60.2 Å². The van der Waals surface area contributed by atoms with Gasteiger partial charge in [-0.3, -0.25) is 9.59 Å². The number of hydrogen-bond donors (Lipinski definition) is 0. The standard InChI is InChI=1S/C21H24N2O3/c1-16(21(25)22(2)15-17-8-4-3-5-9-17)26-19-11-6-10-18(14-19)23-13-7-12-20(23)24/h3-6,8-11,14,16H,7,12-13,15H2,1-2H3/t16-/m0/s1. The molecule has 0 radical (unpaired) electrons. The predicted molar refractivity (Wildman–Crippen MR) is 101 cm³/mol. The summed E-state index contributed by atoms with van der Waals surface area (Å²) >= 11 is 0. The highest BCUT2D eigenvalue weighted by atomic mass is 16.5. The fourth-order valence-corrected chi connectivity index (χ4v) is 3.15. The molecule has 1 aliphatic heterocycles. The van der Waals surface area contributed by atoms with Gasteiger partial charge in [-0.15, -0.1) is 0 Å². The van der Waals surface area contributed by atoms with E-state index in [1.165, 1.54) is 0 Å². The van der Waals surface area contributed by atoms with Crippen LogP contribution >= 0.6 is 0 Å². The van der Waals surface area contributed by atoms with Crippen molar-refractivity contribution in [3.8, 4) is 5.75 Å². The highest BCUT2D eigenvalue weighted by molar-refractivity contribution is 5.95. The lowest BCUT2D eigenvalue weighted by molar-refractivity contribution is -0.137. The van der Waals surface area contributed by atoms with E-state index in [4.69, 9.17) is 4.74 Å². The Morgan fingerprint density at radius 3 is 2.65 bits per heavy atom. The first-order valence-corrected chi connectivity index (χ1v) is 8.90. The molecular weight excluding hydrogens is 328 g/mol. The zero-order valence-corrected chi connectivity index (χ0v) is 15.2. The van der Waals surface area contributed by atoms with Gasteiger partial charge in [-0.1, -0.05) is 36.4 Å². The molecule has 0 bridgehead atoms. The Balaban J connectivity index is 1.62. The van der Waals surface area contributed by atoms with E-state index in [1.807, 2.05) is 54.6 Å². The van der Waals surface area contributed by atoms with E-state index in [1.54, 1.807) is 23.8 Å². The summed E-state index contributed by atoms with van der Waals surface area (Å²) < 4.78 is 5.84. The van der Waals surface area contributed by atoms with Gasteiger partial charge in [0.2, 0.25) is 5.91 Å². The van der Waals surface area contributed by atoms with Gasteiger partial charge in [0.25, 0.3) is 5.91 Å². The van der Waals surface area contributed by atoms with Gasteiger partial charge >= 0.3 is 0 Å². The van der Waals surface area contributed by atoms with Crippen LogP contribution in [0.1, 0.15) is 25.3 Å². The van der Waals surface area contributed by atoms with Crippen LogP contribution in [0.5, 0.6) is 5.75 Å². The summed E-state index contributed by atoms with van der Waals surface area (Å²) in [6, 6.07) is 17.2. The van der Waals surface area contributed by atoms with Gasteiger partial charge in [0.15, 0.2) is 6.10 Å². The Bertz CT molecular complexity index is 776. The van der Waals surface area contributed by atoms with Crippen molar-refractivity contribution in [2.24, 2.45) is 0 Å². The molecule has 2 aromatic carbocycles. The molecule has 5 nitrogen and oxygen atoms in total. The third-order valence-electron chi connectivity index (χ3n) is 4.50. The van der Waals surface area contributed by atoms with Crippen LogP contribution in [0.4, 0.5) is 5.69 Å². The van der Waals surface area contributed by atoms with Crippen LogP contribution in [-0.4, -0.2) is 36.4 Å². The molecular formula is C21H24N2O3. The summed E-state index contributed by atoms with van der Waals surface area (Å²) in [5, 5.41) is 0. The maximum absolute atomic E-state index is 12.6. The summed E-state index contributed by atoms with van der Waals surface area (Å²) in [6.45, 7) is 3.02. The number of carbonyl (C=O) groups is 2. The zero-order chi connectivity index (χ0) is 18.5. The molecule has 136 valence electrons. The molecule has 1 fully saturated rings. The number of rotatable bonds is 6. The normalized spacial score (nSPS) is 15.0. The molecule has 1 aliphatic rings. The van der Waals surface area contributed by atoms with E-state index in [0.717, 1.165) is 24.2 Å². The number of carbonyl (C=O) groups excluding carboxylic acids is 2. The van der Waals surface area contributed by atoms with E-state index < -0.39 is 6.10 Å². The van der Waals surface area contributed by atoms with E-state index in [9.17, 15) is 9.59 Å². The maximum atomic E-state index is 12.6. The minimum atomic E-state index is -0.603. The Morgan fingerprint density at radius 2 is 1.96 bits per heavy atom. The maximum Gasteiger partial charge on any atom is 0.263 e. The Hall–Kier alpha value is -2.82. The predicted octanol–water partition coefficient (Wildman–Crippen LogP) is 3.24. The molecule has 2 aromatic rings. The van der Waals surface area contributed by atoms with Gasteiger partial charge in [-0.25, -0.2) is 0 Å². The molecule has 26 heavy (non-hydrogen) atoms. The van der Waals surface area contributed by atoms with Crippen LogP contribution < -0.4 is 9.64 Å². The SMILES string of the molecule is C[C@H](Oc1cccc(N2CCCC2=O)c1)C(=O)N(C)Cc1ccccc1. The van der Waals surface area contributed by atoms with E-state index >= 15 is 0 Å². The number of ether oxygens (including phenoxy) is 1. The number of amides is 2. The van der Waals surface area contributed by atoms with Crippen LogP contribution in [0.15, 0.2) is 54.6 Å². The van der Waals surface area contributed by atoms with E-state index in [2.05, 4.69) is 0 Å². The monoisotopic (exact) mass is 352 g/mol. The third kappa shape index (κ3) is 4.23. The molecule has 1 saturated heterocycles. The van der Waals surface area contributed by atoms with Crippen molar-refractivity contribution >= 4 is 17.5 Å². The summed E-state index contributed by atoms with van der Waals surface area (Å²) in [4.78, 5) is 27.9. The van der Waals surface area contributed by atoms with Crippen molar-refractivity contribution < 1.29 is 14.3 Å². The average molecular weight is 352 g/mol. The molecule has 5 heteroatoms. The number of likely N-dealkylation sites (N-methyl/N-ethyl adjacent to an activating group) is 1. The van der Waals surface area contributed by atoms with Gasteiger partial charge in [-0.05, 0) is 31.0 Å². The summed E-state index contributed by atoms with van der Waals surface area (Å²) in [6.07, 6.45) is 0.862. The second-order valence-corrected chi connectivity index (χ2v) is 6.59. The first kappa shape index (κ1) is 18.0. The zero-order valence-electron chi connectivity index (χ0n) is 15.2. The summed E-state index contributed by atoms with van der Waals surface area (Å²) in [7, 11) is 1.77. The first-order valence-electron chi connectivity index (χ1n) is 8.90. The Morgan fingerprint density at radius 1 is 1.19 bits per heavy atom. The van der Waals surface area contributed by atoms with Crippen molar-refractivity contribution in [2.45, 2.75) is 32.4 Å². The number of benzene rings is 2. The van der Waals surface area contributed by atoms with Crippen LogP contribution in [0.3, 0.4) is 0 Å². The largest absolute Gasteiger partial charge is 0.481 e. The van der Waals surface area contributed by atoms with Gasteiger partial charge in [0.1, 0.15) is 5.75 Å². The first-order chi connectivity index (χ1) is 12.5. The minimum Gasteiger partial charge on any atom is -0.481 e. The number of hydrogen-bond acceptors (Lipinski definition) is 3. The van der Waals surface area contributed by atoms with Crippen LogP contribution in [-0.2, 0) is 16.1 Å². The van der Waals surface area contributed by atoms with Crippen LogP contribution in [0, 0.1) is 0 Å². The summed E-state index contributed by atoms with van der Waals surface area (Å²) in [5.41, 5.74) is 1.90. The fraction of sp³-hybridized carbons (Fsp3) is 0.333. The number of nitrogens with zero attached hydrogens (tertiary/aromatic N) is 2. The Labute approximate surface area is 154 Å². The molecule has 0 N–H and O–H groups in total. The molecule has 1 heterocycles. The molecule has 0 unspecified atom stereocenters. The second-order valence-electron chi connectivity index (χ2n) is 6.59. The second kappa shape index (κ2) is 8.04. The van der Waals surface area contributed by atoms with Crippen molar-refractivity contribution in [1.29, 1.82) is 0 Å². The highest BCUT2D eigenvalue weighted by Crippen LogP contribution is 2.26. The van der Waals surface area contributed by atoms with E-state index in [-0.39, 0.29) is 11.8 Å². The lowest BCUT2D eigenvalue weighted by Gasteiger charge is -2.23. The third-order valence-corrected chi connectivity index (χ3v) is 4.50. The van der Waals surface area contributed by atoms with Crippen LogP contribution in [0.2, 0.25) is 0 Å². The minimum absolute atomic E-state index is 0.0866. The molecule has 3 rings (SSSR count). The lowest BCUT2D eigenvalue weighted by Crippen LogP contribution is -2.37. The molecule has 0 aliphatic carbocycles. The quantitative estimate of drug-likeness (QED) is 0.802. The van der Waals surface area contributed by atoms with Gasteiger partial charge in [0, 0.05) is 38.3 Å². The van der Waals surface area contributed by atoms with Crippen molar-refractivity contribution in [1.82, 2.24) is 4.90 Å². The van der Waals surface area contributed by atoms with Crippen molar-refractivity contribution in [3.63, 3.8) is 0 Å². The van der Waals surface area contributed by atoms with Gasteiger partial charge < -0.3 is 14.5 Å². The number of anilines is 1. The molecule has 0 saturated carbocycles.